The zero-order valence-electron chi connectivity index (χ0n) is 14.2. The van der Waals surface area contributed by atoms with E-state index in [1.54, 1.807) is 0 Å². The number of hydrogen-bond acceptors (Lipinski definition) is 1. The molecule has 2 nitrogen and oxygen atoms in total. The lowest BCUT2D eigenvalue weighted by Crippen LogP contribution is -2.44. The lowest BCUT2D eigenvalue weighted by molar-refractivity contribution is -0.135. The number of nitrogens with zero attached hydrogens (tertiary/aromatic N) is 1. The van der Waals surface area contributed by atoms with Gasteiger partial charge in [0, 0.05) is 18.5 Å². The predicted octanol–water partition coefficient (Wildman–Crippen LogP) is 5.16. The van der Waals surface area contributed by atoms with E-state index in [2.05, 4.69) is 32.6 Å². The highest BCUT2D eigenvalue weighted by molar-refractivity contribution is 5.76. The van der Waals surface area contributed by atoms with Crippen molar-refractivity contribution in [3.05, 3.63) is 0 Å². The van der Waals surface area contributed by atoms with Crippen LogP contribution in [0.1, 0.15) is 91.9 Å². The van der Waals surface area contributed by atoms with E-state index < -0.39 is 0 Å². The quantitative estimate of drug-likeness (QED) is 0.601. The fourth-order valence-corrected chi connectivity index (χ4v) is 3.47. The average Bonchev–Trinajstić information content (AvgIpc) is 2.48. The largest absolute Gasteiger partial charge is 0.337 e. The average molecular weight is 281 g/mol. The van der Waals surface area contributed by atoms with Gasteiger partial charge in [0.25, 0.3) is 0 Å². The molecular weight excluding hydrogens is 246 g/mol. The van der Waals surface area contributed by atoms with Gasteiger partial charge in [-0.15, -0.1) is 0 Å². The molecule has 0 aromatic carbocycles. The first-order chi connectivity index (χ1) is 9.60. The van der Waals surface area contributed by atoms with Crippen molar-refractivity contribution in [2.45, 2.75) is 104 Å². The number of carbonyl (C=O) groups is 1. The highest BCUT2D eigenvalue weighted by Crippen LogP contribution is 2.28. The van der Waals surface area contributed by atoms with Gasteiger partial charge >= 0.3 is 0 Å². The van der Waals surface area contributed by atoms with Gasteiger partial charge in [0.2, 0.25) is 5.91 Å². The Labute approximate surface area is 126 Å². The third-order valence-corrected chi connectivity index (χ3v) is 5.15. The zero-order chi connectivity index (χ0) is 15.0. The van der Waals surface area contributed by atoms with Crippen LogP contribution < -0.4 is 0 Å². The summed E-state index contributed by atoms with van der Waals surface area (Å²) in [7, 11) is 0. The Morgan fingerprint density at radius 1 is 1.05 bits per heavy atom. The molecule has 1 saturated carbocycles. The van der Waals surface area contributed by atoms with E-state index in [0.717, 1.165) is 31.6 Å². The molecule has 1 aliphatic carbocycles. The van der Waals surface area contributed by atoms with Gasteiger partial charge in [-0.1, -0.05) is 46.0 Å². The summed E-state index contributed by atoms with van der Waals surface area (Å²) in [6, 6.07) is 0.763. The van der Waals surface area contributed by atoms with Crippen LogP contribution in [0.2, 0.25) is 0 Å². The fourth-order valence-electron chi connectivity index (χ4n) is 3.47. The minimum absolute atomic E-state index is 0.379. The third-order valence-electron chi connectivity index (χ3n) is 5.15. The van der Waals surface area contributed by atoms with Crippen LogP contribution in [0.15, 0.2) is 0 Å². The smallest absolute Gasteiger partial charge is 0.223 e. The second kappa shape index (κ2) is 9.41. The topological polar surface area (TPSA) is 20.3 Å². The van der Waals surface area contributed by atoms with Crippen LogP contribution >= 0.6 is 0 Å². The maximum Gasteiger partial charge on any atom is 0.223 e. The molecule has 2 atom stereocenters. The van der Waals surface area contributed by atoms with Crippen molar-refractivity contribution in [3.63, 3.8) is 0 Å². The molecule has 0 heterocycles. The van der Waals surface area contributed by atoms with Crippen molar-refractivity contribution >= 4 is 5.91 Å². The molecule has 0 aromatic rings. The number of hydrogen-bond donors (Lipinski definition) is 0. The van der Waals surface area contributed by atoms with Crippen molar-refractivity contribution in [1.82, 2.24) is 4.90 Å². The number of amides is 1. The Kier molecular flexibility index (Phi) is 8.25. The van der Waals surface area contributed by atoms with Crippen LogP contribution in [0.5, 0.6) is 0 Å². The van der Waals surface area contributed by atoms with Gasteiger partial charge in [-0.2, -0.15) is 0 Å². The molecule has 0 bridgehead atoms. The first-order valence-electron chi connectivity index (χ1n) is 8.91. The Morgan fingerprint density at radius 2 is 1.60 bits per heavy atom. The minimum Gasteiger partial charge on any atom is -0.337 e. The molecule has 2 heteroatoms. The molecule has 2 unspecified atom stereocenters. The molecule has 0 N–H and O–H groups in total. The lowest BCUT2D eigenvalue weighted by Gasteiger charge is -2.34. The van der Waals surface area contributed by atoms with Crippen LogP contribution in [-0.4, -0.2) is 22.9 Å². The van der Waals surface area contributed by atoms with Gasteiger partial charge in [-0.3, -0.25) is 4.79 Å². The molecule has 118 valence electrons. The summed E-state index contributed by atoms with van der Waals surface area (Å²) < 4.78 is 0. The van der Waals surface area contributed by atoms with E-state index in [9.17, 15) is 4.79 Å². The third kappa shape index (κ3) is 5.46. The summed E-state index contributed by atoms with van der Waals surface area (Å²) in [4.78, 5) is 14.7. The first-order valence-corrected chi connectivity index (χ1v) is 8.91. The predicted molar refractivity (Wildman–Crippen MR) is 86.8 cm³/mol. The van der Waals surface area contributed by atoms with Crippen LogP contribution in [-0.2, 0) is 4.79 Å². The summed E-state index contributed by atoms with van der Waals surface area (Å²) in [6.07, 6.45) is 12.2. The van der Waals surface area contributed by atoms with E-state index in [0.29, 0.717) is 18.0 Å². The summed E-state index contributed by atoms with van der Waals surface area (Å²) >= 11 is 0. The molecule has 0 aromatic heterocycles. The van der Waals surface area contributed by atoms with Crippen molar-refractivity contribution in [3.8, 4) is 0 Å². The Hall–Kier alpha value is -0.530. The molecule has 1 rings (SSSR count). The lowest BCUT2D eigenvalue weighted by atomic mass is 9.86. The van der Waals surface area contributed by atoms with E-state index in [1.807, 2.05) is 0 Å². The highest BCUT2D eigenvalue weighted by atomic mass is 16.2. The molecule has 1 fully saturated rings. The monoisotopic (exact) mass is 281 g/mol. The molecule has 0 radical (unpaired) electrons. The van der Waals surface area contributed by atoms with E-state index in [-0.39, 0.29) is 0 Å². The van der Waals surface area contributed by atoms with Crippen LogP contribution in [0.4, 0.5) is 0 Å². The van der Waals surface area contributed by atoms with Gasteiger partial charge in [0.1, 0.15) is 0 Å². The Balaban J connectivity index is 2.37. The van der Waals surface area contributed by atoms with E-state index in [1.165, 1.54) is 38.5 Å². The summed E-state index contributed by atoms with van der Waals surface area (Å²) in [5.41, 5.74) is 0. The van der Waals surface area contributed by atoms with Crippen LogP contribution in [0, 0.1) is 5.92 Å². The summed E-state index contributed by atoms with van der Waals surface area (Å²) in [5, 5.41) is 0. The Bertz CT molecular complexity index is 261. The van der Waals surface area contributed by atoms with Crippen molar-refractivity contribution < 1.29 is 4.79 Å². The maximum absolute atomic E-state index is 12.5. The molecule has 20 heavy (non-hydrogen) atoms. The van der Waals surface area contributed by atoms with E-state index in [4.69, 9.17) is 0 Å². The van der Waals surface area contributed by atoms with Crippen molar-refractivity contribution in [2.24, 2.45) is 5.92 Å². The second-order valence-electron chi connectivity index (χ2n) is 6.71. The van der Waals surface area contributed by atoms with Crippen LogP contribution in [0.3, 0.4) is 0 Å². The van der Waals surface area contributed by atoms with Crippen molar-refractivity contribution in [2.75, 3.05) is 0 Å². The van der Waals surface area contributed by atoms with E-state index >= 15 is 0 Å². The zero-order valence-corrected chi connectivity index (χ0v) is 14.2. The molecule has 0 saturated heterocycles. The van der Waals surface area contributed by atoms with Gasteiger partial charge in [-0.25, -0.2) is 0 Å². The first kappa shape index (κ1) is 17.5. The van der Waals surface area contributed by atoms with Gasteiger partial charge in [-0.05, 0) is 45.4 Å². The Morgan fingerprint density at radius 3 is 2.10 bits per heavy atom. The molecule has 0 spiro atoms. The highest BCUT2D eigenvalue weighted by Gasteiger charge is 2.23. The minimum atomic E-state index is 0.379. The van der Waals surface area contributed by atoms with Gasteiger partial charge < -0.3 is 4.90 Å². The summed E-state index contributed by atoms with van der Waals surface area (Å²) in [6.45, 7) is 8.72. The van der Waals surface area contributed by atoms with Crippen molar-refractivity contribution in [1.29, 1.82) is 0 Å². The molecule has 1 aliphatic rings. The number of carbonyl (C=O) groups excluding carboxylic acids is 1. The maximum atomic E-state index is 12.5. The van der Waals surface area contributed by atoms with Crippen LogP contribution in [0.25, 0.3) is 0 Å². The number of rotatable bonds is 8. The standard InChI is InChI=1S/C18H35NO/c1-5-15(3)19(16(4)6-2)18(20)14-10-13-17-11-8-7-9-12-17/h15-17H,5-14H2,1-4H3. The molecular formula is C18H35NO. The molecule has 1 amide bonds. The van der Waals surface area contributed by atoms with Gasteiger partial charge in [0.05, 0.1) is 0 Å². The summed E-state index contributed by atoms with van der Waals surface area (Å²) in [5.74, 6) is 1.28. The SMILES string of the molecule is CCC(C)N(C(=O)CCCC1CCCCC1)C(C)CC. The molecule has 0 aliphatic heterocycles. The normalized spacial score (nSPS) is 19.6. The second-order valence-corrected chi connectivity index (χ2v) is 6.71. The fraction of sp³-hybridized carbons (Fsp3) is 0.944. The van der Waals surface area contributed by atoms with Gasteiger partial charge in [0.15, 0.2) is 0 Å².